The van der Waals surface area contributed by atoms with Crippen LogP contribution in [0.3, 0.4) is 0 Å². The van der Waals surface area contributed by atoms with Gasteiger partial charge in [0, 0.05) is 19.5 Å². The monoisotopic (exact) mass is 358 g/mol. The van der Waals surface area contributed by atoms with Gasteiger partial charge in [0.2, 0.25) is 0 Å². The van der Waals surface area contributed by atoms with Gasteiger partial charge in [-0.3, -0.25) is 5.41 Å². The fraction of sp³-hybridized carbons (Fsp3) is 0.292. The van der Waals surface area contributed by atoms with Crippen LogP contribution in [0.25, 0.3) is 10.8 Å². The first-order valence-corrected chi connectivity index (χ1v) is 9.67. The number of benzene rings is 3. The van der Waals surface area contributed by atoms with Gasteiger partial charge < -0.3 is 9.64 Å². The van der Waals surface area contributed by atoms with E-state index in [1.165, 1.54) is 21.9 Å². The van der Waals surface area contributed by atoms with Crippen molar-refractivity contribution in [3.8, 4) is 5.75 Å². The van der Waals surface area contributed by atoms with E-state index >= 15 is 0 Å². The summed E-state index contributed by atoms with van der Waals surface area (Å²) in [5.74, 6) is 2.24. The van der Waals surface area contributed by atoms with Gasteiger partial charge in [0.1, 0.15) is 11.6 Å². The normalized spacial score (nSPS) is 15.1. The fourth-order valence-corrected chi connectivity index (χ4v) is 4.02. The van der Waals surface area contributed by atoms with Crippen LogP contribution in [0.5, 0.6) is 5.75 Å². The molecule has 1 fully saturated rings. The first-order valence-electron chi connectivity index (χ1n) is 9.67. The van der Waals surface area contributed by atoms with E-state index in [0.717, 1.165) is 37.5 Å². The highest BCUT2D eigenvalue weighted by atomic mass is 16.5. The van der Waals surface area contributed by atoms with Crippen molar-refractivity contribution in [2.24, 2.45) is 0 Å². The van der Waals surface area contributed by atoms with Crippen molar-refractivity contribution in [3.05, 3.63) is 77.9 Å². The number of hydrogen-bond acceptors (Lipinski definition) is 2. The molecule has 3 aromatic carbocycles. The molecular weight excluding hydrogens is 332 g/mol. The molecule has 138 valence electrons. The number of methoxy groups -OCH3 is 1. The number of likely N-dealkylation sites (tertiary alicyclic amines) is 1. The van der Waals surface area contributed by atoms with Crippen molar-refractivity contribution >= 4 is 16.6 Å². The lowest BCUT2D eigenvalue weighted by atomic mass is 9.89. The summed E-state index contributed by atoms with van der Waals surface area (Å²) in [4.78, 5) is 2.25. The van der Waals surface area contributed by atoms with Gasteiger partial charge in [-0.15, -0.1) is 0 Å². The van der Waals surface area contributed by atoms with Crippen LogP contribution in [-0.2, 0) is 6.42 Å². The third kappa shape index (κ3) is 3.97. The molecule has 0 aromatic heterocycles. The highest BCUT2D eigenvalue weighted by molar-refractivity contribution is 5.87. The van der Waals surface area contributed by atoms with E-state index in [1.54, 1.807) is 7.11 Å². The van der Waals surface area contributed by atoms with Gasteiger partial charge in [-0.2, -0.15) is 0 Å². The van der Waals surface area contributed by atoms with E-state index in [9.17, 15) is 0 Å². The van der Waals surface area contributed by atoms with Crippen molar-refractivity contribution in [2.75, 3.05) is 20.2 Å². The van der Waals surface area contributed by atoms with Crippen LogP contribution in [0.1, 0.15) is 29.9 Å². The summed E-state index contributed by atoms with van der Waals surface area (Å²) < 4.78 is 5.30. The zero-order valence-corrected chi connectivity index (χ0v) is 15.8. The first kappa shape index (κ1) is 17.6. The minimum Gasteiger partial charge on any atom is -0.497 e. The summed E-state index contributed by atoms with van der Waals surface area (Å²) in [5.41, 5.74) is 2.64. The fourth-order valence-electron chi connectivity index (χ4n) is 4.02. The minimum atomic E-state index is 0.630. The van der Waals surface area contributed by atoms with Crippen molar-refractivity contribution in [1.29, 1.82) is 5.41 Å². The highest BCUT2D eigenvalue weighted by Crippen LogP contribution is 2.28. The molecule has 27 heavy (non-hydrogen) atoms. The van der Waals surface area contributed by atoms with Crippen LogP contribution in [0.15, 0.2) is 66.7 Å². The highest BCUT2D eigenvalue weighted by Gasteiger charge is 2.22. The first-order chi connectivity index (χ1) is 13.2. The predicted molar refractivity (Wildman–Crippen MR) is 112 cm³/mol. The van der Waals surface area contributed by atoms with Gasteiger partial charge in [0.05, 0.1) is 7.11 Å². The molecule has 0 atom stereocenters. The molecule has 3 heteroatoms. The summed E-state index contributed by atoms with van der Waals surface area (Å²) in [7, 11) is 1.69. The predicted octanol–water partition coefficient (Wildman–Crippen LogP) is 5.25. The Morgan fingerprint density at radius 3 is 2.41 bits per heavy atom. The third-order valence-corrected chi connectivity index (χ3v) is 5.63. The lowest BCUT2D eigenvalue weighted by Gasteiger charge is -2.34. The van der Waals surface area contributed by atoms with Crippen molar-refractivity contribution < 1.29 is 4.74 Å². The van der Waals surface area contributed by atoms with E-state index in [0.29, 0.717) is 12.3 Å². The van der Waals surface area contributed by atoms with E-state index in [-0.39, 0.29) is 0 Å². The molecule has 3 nitrogen and oxygen atoms in total. The quantitative estimate of drug-likeness (QED) is 0.511. The van der Waals surface area contributed by atoms with E-state index in [4.69, 9.17) is 10.1 Å². The molecule has 4 rings (SSSR count). The van der Waals surface area contributed by atoms with Crippen LogP contribution in [0.4, 0.5) is 0 Å². The second-order valence-corrected chi connectivity index (χ2v) is 7.34. The zero-order valence-electron chi connectivity index (χ0n) is 15.8. The number of piperidine rings is 1. The van der Waals surface area contributed by atoms with E-state index < -0.39 is 0 Å². The zero-order chi connectivity index (χ0) is 18.6. The number of nitrogens with zero attached hydrogens (tertiary/aromatic N) is 1. The second-order valence-electron chi connectivity index (χ2n) is 7.34. The summed E-state index contributed by atoms with van der Waals surface area (Å²) in [6.07, 6.45) is 2.95. The molecular formula is C24H26N2O. The average molecular weight is 358 g/mol. The maximum absolute atomic E-state index is 8.57. The molecule has 0 saturated carbocycles. The van der Waals surface area contributed by atoms with Crippen LogP contribution < -0.4 is 4.74 Å². The summed E-state index contributed by atoms with van der Waals surface area (Å²) in [6, 6.07) is 23.4. The van der Waals surface area contributed by atoms with Crippen molar-refractivity contribution in [3.63, 3.8) is 0 Å². The maximum atomic E-state index is 8.57. The summed E-state index contributed by atoms with van der Waals surface area (Å²) >= 11 is 0. The number of hydrogen-bond donors (Lipinski definition) is 1. The van der Waals surface area contributed by atoms with E-state index in [2.05, 4.69) is 65.6 Å². The number of amidine groups is 1. The number of rotatable bonds is 4. The Morgan fingerprint density at radius 1 is 0.963 bits per heavy atom. The van der Waals surface area contributed by atoms with Crippen LogP contribution in [0, 0.1) is 5.41 Å². The van der Waals surface area contributed by atoms with Gasteiger partial charge in [-0.25, -0.2) is 0 Å². The van der Waals surface area contributed by atoms with Gasteiger partial charge in [-0.05, 0) is 52.8 Å². The number of ether oxygens (including phenoxy) is 1. The van der Waals surface area contributed by atoms with E-state index in [1.807, 2.05) is 6.07 Å². The lowest BCUT2D eigenvalue weighted by Crippen LogP contribution is -2.38. The summed E-state index contributed by atoms with van der Waals surface area (Å²) in [6.45, 7) is 1.95. The topological polar surface area (TPSA) is 36.3 Å². The third-order valence-electron chi connectivity index (χ3n) is 5.63. The number of fused-ring (bicyclic) bond motifs is 1. The molecule has 0 spiro atoms. The molecule has 3 aromatic rings. The van der Waals surface area contributed by atoms with Gasteiger partial charge >= 0.3 is 0 Å². The van der Waals surface area contributed by atoms with Gasteiger partial charge in [0.25, 0.3) is 0 Å². The smallest absolute Gasteiger partial charge is 0.119 e. The lowest BCUT2D eigenvalue weighted by molar-refractivity contribution is 0.308. The second kappa shape index (κ2) is 7.83. The summed E-state index contributed by atoms with van der Waals surface area (Å²) in [5, 5.41) is 10.9. The molecule has 1 heterocycles. The molecule has 0 bridgehead atoms. The molecule has 0 amide bonds. The Bertz CT molecular complexity index is 928. The molecule has 1 saturated heterocycles. The Labute approximate surface area is 161 Å². The molecule has 1 aliphatic heterocycles. The van der Waals surface area contributed by atoms with Crippen molar-refractivity contribution in [1.82, 2.24) is 4.90 Å². The molecule has 0 aliphatic carbocycles. The molecule has 1 aliphatic rings. The van der Waals surface area contributed by atoms with Gasteiger partial charge in [0.15, 0.2) is 0 Å². The van der Waals surface area contributed by atoms with Crippen LogP contribution >= 0.6 is 0 Å². The van der Waals surface area contributed by atoms with Crippen LogP contribution in [0.2, 0.25) is 0 Å². The van der Waals surface area contributed by atoms with Crippen LogP contribution in [-0.4, -0.2) is 30.9 Å². The Morgan fingerprint density at radius 2 is 1.67 bits per heavy atom. The molecule has 1 N–H and O–H groups in total. The molecule has 0 unspecified atom stereocenters. The molecule has 0 radical (unpaired) electrons. The Kier molecular flexibility index (Phi) is 5.10. The number of nitrogens with one attached hydrogen (secondary N) is 1. The Hall–Kier alpha value is -2.81. The average Bonchev–Trinajstić information content (AvgIpc) is 2.74. The van der Waals surface area contributed by atoms with Crippen molar-refractivity contribution in [2.45, 2.75) is 25.2 Å². The maximum Gasteiger partial charge on any atom is 0.119 e. The van der Waals surface area contributed by atoms with Gasteiger partial charge in [-0.1, -0.05) is 54.6 Å². The Balaban J connectivity index is 1.39. The standard InChI is InChI=1S/C24H26N2O/c1-27-23-10-9-21-15-18(7-8-22(21)17-23)16-24(25)26-13-11-20(12-14-26)19-5-3-2-4-6-19/h2-10,15,17,20,25H,11-14,16H2,1H3. The SMILES string of the molecule is COc1ccc2cc(CC(=N)N3CCC(c4ccccc4)CC3)ccc2c1. The largest absolute Gasteiger partial charge is 0.497 e. The minimum absolute atomic E-state index is 0.630.